The molecule has 9 heteroatoms. The average Bonchev–Trinajstić information content (AvgIpc) is 2.15. The summed E-state index contributed by atoms with van der Waals surface area (Å²) in [7, 11) is -3.48. The number of amides is 1. The Hall–Kier alpha value is -0.470. The molecule has 0 radical (unpaired) electrons. The third-order valence-corrected chi connectivity index (χ3v) is 3.22. The Morgan fingerprint density at radius 2 is 1.94 bits per heavy atom. The monoisotopic (exact) mass is 280 g/mol. The molecule has 0 heterocycles. The summed E-state index contributed by atoms with van der Waals surface area (Å²) >= 11 is 0. The van der Waals surface area contributed by atoms with Gasteiger partial charge in [0.2, 0.25) is 5.91 Å². The number of alkyl halides is 2. The highest BCUT2D eigenvalue weighted by Gasteiger charge is 2.27. The third-order valence-electron chi connectivity index (χ3n) is 1.63. The SMILES string of the molecule is CCS(=O)(=O)CC(=O)NCC(F)(F)CN.Cl. The largest absolute Gasteiger partial charge is 0.349 e. The van der Waals surface area contributed by atoms with Crippen molar-refractivity contribution >= 4 is 28.2 Å². The number of carbonyl (C=O) groups excluding carboxylic acids is 1. The second-order valence-corrected chi connectivity index (χ2v) is 5.37. The van der Waals surface area contributed by atoms with Crippen LogP contribution in [0.15, 0.2) is 0 Å². The summed E-state index contributed by atoms with van der Waals surface area (Å²) in [5.74, 6) is -5.12. The molecule has 0 saturated heterocycles. The summed E-state index contributed by atoms with van der Waals surface area (Å²) < 4.78 is 46.9. The Bertz CT molecular complexity index is 322. The first-order valence-corrected chi connectivity index (χ1v) is 6.09. The first kappa shape index (κ1) is 17.9. The molecule has 0 aromatic heterocycles. The lowest BCUT2D eigenvalue weighted by Crippen LogP contribution is -2.43. The highest BCUT2D eigenvalue weighted by atomic mass is 35.5. The predicted molar refractivity (Wildman–Crippen MR) is 58.6 cm³/mol. The molecule has 0 aliphatic carbocycles. The summed E-state index contributed by atoms with van der Waals surface area (Å²) in [5, 5.41) is 1.82. The quantitative estimate of drug-likeness (QED) is 0.690. The smallest absolute Gasteiger partial charge is 0.277 e. The minimum absolute atomic E-state index is 0. The molecule has 0 unspecified atom stereocenters. The van der Waals surface area contributed by atoms with Gasteiger partial charge in [0.1, 0.15) is 5.75 Å². The average molecular weight is 281 g/mol. The topological polar surface area (TPSA) is 89.3 Å². The number of nitrogens with one attached hydrogen (secondary N) is 1. The minimum Gasteiger partial charge on any atom is -0.349 e. The Morgan fingerprint density at radius 1 is 1.44 bits per heavy atom. The summed E-state index contributed by atoms with van der Waals surface area (Å²) in [5.41, 5.74) is 4.73. The van der Waals surface area contributed by atoms with Crippen molar-refractivity contribution in [3.63, 3.8) is 0 Å². The van der Waals surface area contributed by atoms with Gasteiger partial charge in [0.25, 0.3) is 5.92 Å². The van der Waals surface area contributed by atoms with E-state index in [1.165, 1.54) is 6.92 Å². The van der Waals surface area contributed by atoms with Crippen molar-refractivity contribution in [3.05, 3.63) is 0 Å². The molecule has 0 spiro atoms. The molecule has 0 aromatic rings. The fourth-order valence-corrected chi connectivity index (χ4v) is 1.36. The fraction of sp³-hybridized carbons (Fsp3) is 0.857. The van der Waals surface area contributed by atoms with E-state index in [-0.39, 0.29) is 18.2 Å². The van der Waals surface area contributed by atoms with Crippen molar-refractivity contribution in [2.24, 2.45) is 5.73 Å². The summed E-state index contributed by atoms with van der Waals surface area (Å²) in [6.07, 6.45) is 0. The number of hydrogen-bond acceptors (Lipinski definition) is 4. The Morgan fingerprint density at radius 3 is 2.31 bits per heavy atom. The van der Waals surface area contributed by atoms with E-state index in [1.807, 2.05) is 5.32 Å². The standard InChI is InChI=1S/C7H14F2N2O3S.ClH/c1-2-15(13,14)3-6(12)11-5-7(8,9)4-10;/h2-5,10H2,1H3,(H,11,12);1H. The van der Waals surface area contributed by atoms with Crippen LogP contribution in [0, 0.1) is 0 Å². The molecule has 0 atom stereocenters. The summed E-state index contributed by atoms with van der Waals surface area (Å²) in [6.45, 7) is -0.466. The number of carbonyl (C=O) groups is 1. The molecule has 0 aliphatic heterocycles. The molecule has 3 N–H and O–H groups in total. The van der Waals surface area contributed by atoms with Gasteiger partial charge in [-0.3, -0.25) is 4.79 Å². The van der Waals surface area contributed by atoms with Gasteiger partial charge in [-0.1, -0.05) is 6.92 Å². The van der Waals surface area contributed by atoms with Crippen LogP contribution in [0.5, 0.6) is 0 Å². The van der Waals surface area contributed by atoms with Crippen molar-refractivity contribution in [3.8, 4) is 0 Å². The third kappa shape index (κ3) is 7.77. The van der Waals surface area contributed by atoms with Gasteiger partial charge in [0.05, 0.1) is 13.1 Å². The number of halogens is 3. The van der Waals surface area contributed by atoms with Crippen molar-refractivity contribution < 1.29 is 22.0 Å². The van der Waals surface area contributed by atoms with Gasteiger partial charge in [-0.25, -0.2) is 17.2 Å². The number of hydrogen-bond donors (Lipinski definition) is 2. The number of sulfone groups is 1. The summed E-state index contributed by atoms with van der Waals surface area (Å²) in [4.78, 5) is 10.9. The molecule has 0 bridgehead atoms. The molecule has 1 amide bonds. The molecule has 16 heavy (non-hydrogen) atoms. The molecular formula is C7H15ClF2N2O3S. The van der Waals surface area contributed by atoms with E-state index in [4.69, 9.17) is 5.73 Å². The van der Waals surface area contributed by atoms with Gasteiger partial charge in [-0.05, 0) is 0 Å². The predicted octanol–water partition coefficient (Wildman–Crippen LogP) is -0.447. The fourth-order valence-electron chi connectivity index (χ4n) is 0.653. The van der Waals surface area contributed by atoms with Gasteiger partial charge < -0.3 is 11.1 Å². The molecule has 0 rings (SSSR count). The van der Waals surface area contributed by atoms with Crippen LogP contribution in [0.1, 0.15) is 6.92 Å². The van der Waals surface area contributed by atoms with E-state index in [1.54, 1.807) is 0 Å². The highest BCUT2D eigenvalue weighted by Crippen LogP contribution is 2.08. The normalized spacial score (nSPS) is 11.8. The second kappa shape index (κ2) is 6.97. The zero-order valence-electron chi connectivity index (χ0n) is 8.70. The van der Waals surface area contributed by atoms with Crippen LogP contribution < -0.4 is 11.1 Å². The van der Waals surface area contributed by atoms with E-state index in [0.717, 1.165) is 0 Å². The first-order chi connectivity index (χ1) is 6.72. The van der Waals surface area contributed by atoms with Gasteiger partial charge in [0, 0.05) is 5.75 Å². The van der Waals surface area contributed by atoms with Crippen LogP contribution in [0.25, 0.3) is 0 Å². The number of nitrogens with two attached hydrogens (primary N) is 1. The maximum Gasteiger partial charge on any atom is 0.277 e. The molecule has 0 fully saturated rings. The number of rotatable bonds is 6. The van der Waals surface area contributed by atoms with E-state index in [0.29, 0.717) is 0 Å². The molecule has 0 saturated carbocycles. The van der Waals surface area contributed by atoms with Crippen molar-refractivity contribution in [1.29, 1.82) is 0 Å². The maximum absolute atomic E-state index is 12.5. The molecule has 0 aromatic carbocycles. The molecular weight excluding hydrogens is 266 g/mol. The Balaban J connectivity index is 0. The lowest BCUT2D eigenvalue weighted by molar-refractivity contribution is -0.120. The summed E-state index contributed by atoms with van der Waals surface area (Å²) in [6, 6.07) is 0. The van der Waals surface area contributed by atoms with Crippen LogP contribution in [0.4, 0.5) is 8.78 Å². The van der Waals surface area contributed by atoms with Crippen LogP contribution in [0.2, 0.25) is 0 Å². The lowest BCUT2D eigenvalue weighted by atomic mass is 10.3. The Labute approximate surface area is 99.1 Å². The molecule has 98 valence electrons. The van der Waals surface area contributed by atoms with Gasteiger partial charge in [-0.2, -0.15) is 0 Å². The lowest BCUT2D eigenvalue weighted by Gasteiger charge is -2.14. The van der Waals surface area contributed by atoms with E-state index in [2.05, 4.69) is 0 Å². The zero-order valence-corrected chi connectivity index (χ0v) is 10.3. The molecule has 0 aliphatic rings. The van der Waals surface area contributed by atoms with Crippen LogP contribution in [0.3, 0.4) is 0 Å². The van der Waals surface area contributed by atoms with E-state index >= 15 is 0 Å². The minimum atomic E-state index is -3.48. The van der Waals surface area contributed by atoms with Crippen molar-refractivity contribution in [2.45, 2.75) is 12.8 Å². The first-order valence-electron chi connectivity index (χ1n) is 4.27. The van der Waals surface area contributed by atoms with Gasteiger partial charge in [0.15, 0.2) is 9.84 Å². The van der Waals surface area contributed by atoms with Crippen LogP contribution in [-0.4, -0.2) is 44.8 Å². The van der Waals surface area contributed by atoms with Crippen molar-refractivity contribution in [1.82, 2.24) is 5.32 Å². The second-order valence-electron chi connectivity index (χ2n) is 3.01. The van der Waals surface area contributed by atoms with Crippen molar-refractivity contribution in [2.75, 3.05) is 24.6 Å². The van der Waals surface area contributed by atoms with Crippen LogP contribution in [-0.2, 0) is 14.6 Å². The van der Waals surface area contributed by atoms with E-state index in [9.17, 15) is 22.0 Å². The highest BCUT2D eigenvalue weighted by molar-refractivity contribution is 7.92. The zero-order chi connectivity index (χ0) is 12.1. The van der Waals surface area contributed by atoms with Crippen LogP contribution >= 0.6 is 12.4 Å². The van der Waals surface area contributed by atoms with E-state index < -0.39 is 40.5 Å². The maximum atomic E-state index is 12.5. The Kier molecular flexibility index (Phi) is 7.81. The van der Waals surface area contributed by atoms with Gasteiger partial charge >= 0.3 is 0 Å². The van der Waals surface area contributed by atoms with Gasteiger partial charge in [-0.15, -0.1) is 12.4 Å². The molecule has 5 nitrogen and oxygen atoms in total.